The first-order chi connectivity index (χ1) is 15.1. The number of nitrogens with zero attached hydrogens (tertiary/aromatic N) is 1. The molecule has 1 heterocycles. The van der Waals surface area contributed by atoms with E-state index < -0.39 is 17.8 Å². The topological polar surface area (TPSA) is 62.6 Å². The fourth-order valence-corrected chi connectivity index (χ4v) is 4.09. The maximum Gasteiger partial charge on any atom is 0.290 e. The molecule has 0 radical (unpaired) electrons. The number of carbonyl (C=O) groups excluding carboxylic acids is 2. The third-order valence-corrected chi connectivity index (χ3v) is 5.67. The lowest BCUT2D eigenvalue weighted by Gasteiger charge is -2.32. The third kappa shape index (κ3) is 4.85. The number of carbonyl (C=O) groups is 2. The Morgan fingerprint density at radius 3 is 2.39 bits per heavy atom. The Balaban J connectivity index is 1.73. The number of hydrogen-bond acceptors (Lipinski definition) is 3. The van der Waals surface area contributed by atoms with Gasteiger partial charge in [0.2, 0.25) is 5.91 Å². The first-order valence-corrected chi connectivity index (χ1v) is 10.6. The van der Waals surface area contributed by atoms with Crippen LogP contribution in [0.5, 0.6) is 0 Å². The van der Waals surface area contributed by atoms with Gasteiger partial charge in [-0.3, -0.25) is 9.59 Å². The fourth-order valence-electron chi connectivity index (χ4n) is 4.09. The number of nitrogens with one attached hydrogen (secondary N) is 1. The average Bonchev–Trinajstić information content (AvgIpc) is 3.49. The molecular formula is C25H25FN2O3. The Kier molecular flexibility index (Phi) is 6.46. The summed E-state index contributed by atoms with van der Waals surface area (Å²) < 4.78 is 19.8. The highest BCUT2D eigenvalue weighted by molar-refractivity contribution is 5.96. The lowest BCUT2D eigenvalue weighted by molar-refractivity contribution is -0.126. The van der Waals surface area contributed by atoms with Crippen molar-refractivity contribution < 1.29 is 18.4 Å². The summed E-state index contributed by atoms with van der Waals surface area (Å²) in [6.45, 7) is -0.0656. The van der Waals surface area contributed by atoms with Crippen molar-refractivity contribution in [3.8, 4) is 0 Å². The van der Waals surface area contributed by atoms with Gasteiger partial charge in [0.05, 0.1) is 12.8 Å². The normalized spacial score (nSPS) is 14.9. The molecule has 3 aromatic rings. The van der Waals surface area contributed by atoms with Gasteiger partial charge < -0.3 is 14.6 Å². The largest absolute Gasteiger partial charge is 0.459 e. The number of rotatable bonds is 7. The Morgan fingerprint density at radius 1 is 1.00 bits per heavy atom. The van der Waals surface area contributed by atoms with Crippen LogP contribution in [0.25, 0.3) is 0 Å². The van der Waals surface area contributed by atoms with Gasteiger partial charge in [0.1, 0.15) is 11.9 Å². The maximum atomic E-state index is 14.5. The van der Waals surface area contributed by atoms with Gasteiger partial charge in [-0.05, 0) is 36.6 Å². The van der Waals surface area contributed by atoms with Crippen LogP contribution in [0.3, 0.4) is 0 Å². The first kappa shape index (κ1) is 20.8. The predicted octanol–water partition coefficient (Wildman–Crippen LogP) is 4.86. The Morgan fingerprint density at radius 2 is 1.71 bits per heavy atom. The zero-order chi connectivity index (χ0) is 21.6. The van der Waals surface area contributed by atoms with Gasteiger partial charge in [0.25, 0.3) is 5.91 Å². The number of benzene rings is 2. The molecule has 6 heteroatoms. The van der Waals surface area contributed by atoms with Crippen LogP contribution < -0.4 is 5.32 Å². The third-order valence-electron chi connectivity index (χ3n) is 5.67. The summed E-state index contributed by atoms with van der Waals surface area (Å²) in [5.74, 6) is -1.06. The van der Waals surface area contributed by atoms with Crippen LogP contribution in [-0.2, 0) is 11.3 Å². The molecule has 0 aliphatic heterocycles. The van der Waals surface area contributed by atoms with E-state index in [4.69, 9.17) is 4.42 Å². The predicted molar refractivity (Wildman–Crippen MR) is 115 cm³/mol. The summed E-state index contributed by atoms with van der Waals surface area (Å²) in [5.41, 5.74) is 0.992. The van der Waals surface area contributed by atoms with E-state index in [-0.39, 0.29) is 24.3 Å². The van der Waals surface area contributed by atoms with Gasteiger partial charge in [0, 0.05) is 11.6 Å². The summed E-state index contributed by atoms with van der Waals surface area (Å²) in [4.78, 5) is 28.3. The van der Waals surface area contributed by atoms with Crippen molar-refractivity contribution in [2.75, 3.05) is 0 Å². The van der Waals surface area contributed by atoms with Gasteiger partial charge >= 0.3 is 0 Å². The van der Waals surface area contributed by atoms with Gasteiger partial charge in [-0.2, -0.15) is 0 Å². The molecule has 0 unspecified atom stereocenters. The molecule has 2 amide bonds. The second-order valence-corrected chi connectivity index (χ2v) is 7.80. The fraction of sp³-hybridized carbons (Fsp3) is 0.280. The van der Waals surface area contributed by atoms with E-state index in [0.717, 1.165) is 25.7 Å². The molecule has 160 valence electrons. The zero-order valence-electron chi connectivity index (χ0n) is 17.2. The molecule has 1 atom stereocenters. The van der Waals surface area contributed by atoms with Gasteiger partial charge in [-0.25, -0.2) is 4.39 Å². The molecule has 1 fully saturated rings. The summed E-state index contributed by atoms with van der Waals surface area (Å²) >= 11 is 0. The van der Waals surface area contributed by atoms with Crippen LogP contribution in [0, 0.1) is 5.82 Å². The number of halogens is 1. The smallest absolute Gasteiger partial charge is 0.290 e. The lowest BCUT2D eigenvalue weighted by atomic mass is 10.0. The minimum atomic E-state index is -0.918. The van der Waals surface area contributed by atoms with Crippen molar-refractivity contribution in [3.05, 3.63) is 95.7 Å². The molecule has 1 saturated carbocycles. The number of hydrogen-bond donors (Lipinski definition) is 1. The van der Waals surface area contributed by atoms with Crippen molar-refractivity contribution in [2.24, 2.45) is 0 Å². The van der Waals surface area contributed by atoms with E-state index in [2.05, 4.69) is 5.32 Å². The highest BCUT2D eigenvalue weighted by Crippen LogP contribution is 2.28. The first-order valence-electron chi connectivity index (χ1n) is 10.6. The molecule has 0 saturated heterocycles. The molecular weight excluding hydrogens is 395 g/mol. The minimum Gasteiger partial charge on any atom is -0.459 e. The molecule has 31 heavy (non-hydrogen) atoms. The molecule has 5 nitrogen and oxygen atoms in total. The van der Waals surface area contributed by atoms with Crippen molar-refractivity contribution in [2.45, 2.75) is 44.3 Å². The Hall–Kier alpha value is -3.41. The quantitative estimate of drug-likeness (QED) is 0.594. The van der Waals surface area contributed by atoms with Crippen molar-refractivity contribution >= 4 is 11.8 Å². The van der Waals surface area contributed by atoms with E-state index in [1.165, 1.54) is 17.2 Å². The molecule has 0 bridgehead atoms. The summed E-state index contributed by atoms with van der Waals surface area (Å²) in [7, 11) is 0. The summed E-state index contributed by atoms with van der Waals surface area (Å²) in [5, 5.41) is 3.10. The van der Waals surface area contributed by atoms with E-state index in [9.17, 15) is 14.0 Å². The van der Waals surface area contributed by atoms with E-state index in [1.54, 1.807) is 30.3 Å². The van der Waals surface area contributed by atoms with Crippen LogP contribution in [0.15, 0.2) is 77.4 Å². The maximum absolute atomic E-state index is 14.5. The molecule has 1 aliphatic rings. The lowest BCUT2D eigenvalue weighted by Crippen LogP contribution is -2.45. The van der Waals surface area contributed by atoms with E-state index in [1.807, 2.05) is 30.3 Å². The Labute approximate surface area is 180 Å². The van der Waals surface area contributed by atoms with Crippen LogP contribution in [0.4, 0.5) is 4.39 Å². The van der Waals surface area contributed by atoms with Gasteiger partial charge in [0.15, 0.2) is 5.76 Å². The van der Waals surface area contributed by atoms with E-state index in [0.29, 0.717) is 11.1 Å². The summed E-state index contributed by atoms with van der Waals surface area (Å²) in [6.07, 6.45) is 5.40. The second kappa shape index (κ2) is 9.60. The van der Waals surface area contributed by atoms with Gasteiger partial charge in [-0.15, -0.1) is 0 Å². The Bertz CT molecular complexity index is 1010. The van der Waals surface area contributed by atoms with E-state index >= 15 is 0 Å². The molecule has 1 N–H and O–H groups in total. The highest BCUT2D eigenvalue weighted by Gasteiger charge is 2.35. The highest BCUT2D eigenvalue weighted by atomic mass is 19.1. The SMILES string of the molecule is O=C(NC1CCCC1)[C@@H](c1ccccc1)N(Cc1ccccc1F)C(=O)c1ccco1. The van der Waals surface area contributed by atoms with Crippen LogP contribution in [0.1, 0.15) is 53.4 Å². The summed E-state index contributed by atoms with van der Waals surface area (Å²) in [6, 6.07) is 17.7. The van der Waals surface area contributed by atoms with Crippen molar-refractivity contribution in [3.63, 3.8) is 0 Å². The van der Waals surface area contributed by atoms with Crippen LogP contribution >= 0.6 is 0 Å². The molecule has 0 spiro atoms. The van der Waals surface area contributed by atoms with Crippen LogP contribution in [0.2, 0.25) is 0 Å². The minimum absolute atomic E-state index is 0.0656. The average molecular weight is 420 g/mol. The second-order valence-electron chi connectivity index (χ2n) is 7.80. The molecule has 4 rings (SSSR count). The molecule has 1 aromatic heterocycles. The monoisotopic (exact) mass is 420 g/mol. The van der Waals surface area contributed by atoms with Gasteiger partial charge in [-0.1, -0.05) is 61.4 Å². The number of furan rings is 1. The molecule has 2 aromatic carbocycles. The number of amides is 2. The molecule has 1 aliphatic carbocycles. The van der Waals surface area contributed by atoms with Crippen LogP contribution in [-0.4, -0.2) is 22.8 Å². The van der Waals surface area contributed by atoms with Crippen molar-refractivity contribution in [1.82, 2.24) is 10.2 Å². The van der Waals surface area contributed by atoms with Crippen molar-refractivity contribution in [1.29, 1.82) is 0 Å². The standard InChI is InChI=1S/C25H25FN2O3/c26-21-14-7-4-11-19(21)17-28(25(30)22-15-8-16-31-22)23(18-9-2-1-3-10-18)24(29)27-20-12-5-6-13-20/h1-4,7-11,14-16,20,23H,5-6,12-13,17H2,(H,27,29)/t23-/m1/s1. The zero-order valence-corrected chi connectivity index (χ0v) is 17.2.